The van der Waals surface area contributed by atoms with E-state index in [1.807, 2.05) is 9.47 Å². The fourth-order valence-electron chi connectivity index (χ4n) is 4.00. The third-order valence-corrected chi connectivity index (χ3v) is 5.88. The summed E-state index contributed by atoms with van der Waals surface area (Å²) in [6, 6.07) is 7.06. The molecule has 150 valence electrons. The maximum atomic E-state index is 12.7. The lowest BCUT2D eigenvalue weighted by atomic mass is 10.2. The van der Waals surface area contributed by atoms with Gasteiger partial charge < -0.3 is 4.90 Å². The van der Waals surface area contributed by atoms with Gasteiger partial charge in [0, 0.05) is 49.7 Å². The van der Waals surface area contributed by atoms with Crippen LogP contribution in [0.1, 0.15) is 35.4 Å². The molecule has 0 unspecified atom stereocenters. The number of carbonyl (C=O) groups excluding carboxylic acids is 1. The van der Waals surface area contributed by atoms with Gasteiger partial charge in [0.25, 0.3) is 5.91 Å². The van der Waals surface area contributed by atoms with E-state index >= 15 is 0 Å². The molecule has 2 aromatic rings. The van der Waals surface area contributed by atoms with Crippen LogP contribution in [0.5, 0.6) is 0 Å². The summed E-state index contributed by atoms with van der Waals surface area (Å²) < 4.78 is 3.43. The van der Waals surface area contributed by atoms with E-state index in [2.05, 4.69) is 10.00 Å². The second-order valence-electron chi connectivity index (χ2n) is 7.52. The molecule has 1 fully saturated rings. The van der Waals surface area contributed by atoms with Crippen molar-refractivity contribution in [2.45, 2.75) is 38.8 Å². The number of fused-ring (bicyclic) bond motifs is 1. The first kappa shape index (κ1) is 19.2. The Bertz CT molecular complexity index is 889. The lowest BCUT2D eigenvalue weighted by molar-refractivity contribution is 0.0761. The molecule has 1 saturated heterocycles. The molecule has 0 atom stereocenters. The molecular formula is C20H26ClN5O2. The summed E-state index contributed by atoms with van der Waals surface area (Å²) in [7, 11) is 0. The Hall–Kier alpha value is -2.12. The molecule has 0 spiro atoms. The smallest absolute Gasteiger partial charge is 0.337 e. The molecule has 4 rings (SSSR count). The predicted octanol–water partition coefficient (Wildman–Crippen LogP) is 1.88. The van der Waals surface area contributed by atoms with Crippen molar-refractivity contribution in [2.75, 3.05) is 32.7 Å². The summed E-state index contributed by atoms with van der Waals surface area (Å²) in [6.45, 7) is 5.34. The van der Waals surface area contributed by atoms with Crippen molar-refractivity contribution in [1.82, 2.24) is 24.1 Å². The van der Waals surface area contributed by atoms with Crippen LogP contribution in [0.25, 0.3) is 0 Å². The van der Waals surface area contributed by atoms with Gasteiger partial charge in [-0.3, -0.25) is 14.3 Å². The van der Waals surface area contributed by atoms with E-state index in [-0.39, 0.29) is 11.6 Å². The van der Waals surface area contributed by atoms with Crippen molar-refractivity contribution in [3.63, 3.8) is 0 Å². The lowest BCUT2D eigenvalue weighted by Gasteiger charge is -2.22. The maximum Gasteiger partial charge on any atom is 0.345 e. The first-order valence-corrected chi connectivity index (χ1v) is 10.4. The zero-order chi connectivity index (χ0) is 19.5. The van der Waals surface area contributed by atoms with E-state index in [4.69, 9.17) is 11.6 Å². The highest BCUT2D eigenvalue weighted by molar-refractivity contribution is 6.30. The number of hydrogen-bond acceptors (Lipinski definition) is 4. The monoisotopic (exact) mass is 403 g/mol. The topological polar surface area (TPSA) is 63.4 Å². The van der Waals surface area contributed by atoms with Crippen molar-refractivity contribution in [1.29, 1.82) is 0 Å². The molecule has 1 aromatic heterocycles. The van der Waals surface area contributed by atoms with Gasteiger partial charge in [-0.1, -0.05) is 11.6 Å². The number of aromatic nitrogens is 3. The Morgan fingerprint density at radius 1 is 0.964 bits per heavy atom. The Labute approximate surface area is 169 Å². The van der Waals surface area contributed by atoms with Crippen LogP contribution in [0, 0.1) is 0 Å². The van der Waals surface area contributed by atoms with Crippen LogP contribution < -0.4 is 5.69 Å². The SMILES string of the molecule is O=C(c1ccc(Cl)cc1)N1CCCN(CCn2nc3n(c2=O)CCCC3)CC1. The fraction of sp³-hybridized carbons (Fsp3) is 0.550. The third kappa shape index (κ3) is 4.15. The minimum Gasteiger partial charge on any atom is -0.337 e. The average Bonchev–Trinajstić information content (AvgIpc) is 2.88. The molecule has 7 nitrogen and oxygen atoms in total. The number of aryl methyl sites for hydroxylation is 1. The highest BCUT2D eigenvalue weighted by atomic mass is 35.5. The average molecular weight is 404 g/mol. The van der Waals surface area contributed by atoms with E-state index < -0.39 is 0 Å². The van der Waals surface area contributed by atoms with Crippen molar-refractivity contribution >= 4 is 17.5 Å². The van der Waals surface area contributed by atoms with Crippen LogP contribution in [0.15, 0.2) is 29.1 Å². The standard InChI is InChI=1S/C20H26ClN5O2/c21-17-7-5-16(6-8-17)19(27)24-10-3-9-23(12-14-24)13-15-26-20(28)25-11-2-1-4-18(25)22-26/h5-8H,1-4,9-15H2. The van der Waals surface area contributed by atoms with Crippen molar-refractivity contribution in [3.05, 3.63) is 51.2 Å². The van der Waals surface area contributed by atoms with Crippen LogP contribution >= 0.6 is 11.6 Å². The molecule has 0 aliphatic carbocycles. The highest BCUT2D eigenvalue weighted by Crippen LogP contribution is 2.14. The van der Waals surface area contributed by atoms with Crippen molar-refractivity contribution in [3.8, 4) is 0 Å². The number of amides is 1. The van der Waals surface area contributed by atoms with Crippen LogP contribution in [0.2, 0.25) is 5.02 Å². The molecule has 0 radical (unpaired) electrons. The number of nitrogens with zero attached hydrogens (tertiary/aromatic N) is 5. The summed E-state index contributed by atoms with van der Waals surface area (Å²) in [6.07, 6.45) is 3.99. The van der Waals surface area contributed by atoms with E-state index in [1.54, 1.807) is 28.9 Å². The molecule has 1 aromatic carbocycles. The number of rotatable bonds is 4. The molecule has 28 heavy (non-hydrogen) atoms. The minimum absolute atomic E-state index is 0.0177. The Morgan fingerprint density at radius 3 is 2.57 bits per heavy atom. The van der Waals surface area contributed by atoms with E-state index in [9.17, 15) is 9.59 Å². The number of hydrogen-bond donors (Lipinski definition) is 0. The summed E-state index contributed by atoms with van der Waals surface area (Å²) in [5, 5.41) is 5.15. The molecule has 8 heteroatoms. The van der Waals surface area contributed by atoms with Gasteiger partial charge in [-0.25, -0.2) is 9.48 Å². The molecule has 0 N–H and O–H groups in total. The van der Waals surface area contributed by atoms with E-state index in [0.717, 1.165) is 64.2 Å². The van der Waals surface area contributed by atoms with Gasteiger partial charge in [0.1, 0.15) is 5.82 Å². The molecule has 2 aliphatic heterocycles. The summed E-state index contributed by atoms with van der Waals surface area (Å²) >= 11 is 5.91. The third-order valence-electron chi connectivity index (χ3n) is 5.63. The van der Waals surface area contributed by atoms with Gasteiger partial charge in [0.2, 0.25) is 0 Å². The Morgan fingerprint density at radius 2 is 1.79 bits per heavy atom. The van der Waals surface area contributed by atoms with Gasteiger partial charge >= 0.3 is 5.69 Å². The predicted molar refractivity (Wildman–Crippen MR) is 108 cm³/mol. The largest absolute Gasteiger partial charge is 0.345 e. The van der Waals surface area contributed by atoms with Gasteiger partial charge in [0.15, 0.2) is 0 Å². The van der Waals surface area contributed by atoms with Gasteiger partial charge in [0.05, 0.1) is 6.54 Å². The quantitative estimate of drug-likeness (QED) is 0.782. The highest BCUT2D eigenvalue weighted by Gasteiger charge is 2.21. The first-order chi connectivity index (χ1) is 13.6. The molecular weight excluding hydrogens is 378 g/mol. The normalized spacial score (nSPS) is 18.0. The fourth-order valence-corrected chi connectivity index (χ4v) is 4.13. The molecule has 2 aliphatic rings. The minimum atomic E-state index is 0.0177. The lowest BCUT2D eigenvalue weighted by Crippen LogP contribution is -2.37. The van der Waals surface area contributed by atoms with Crippen LogP contribution in [0.3, 0.4) is 0 Å². The van der Waals surface area contributed by atoms with E-state index in [0.29, 0.717) is 23.7 Å². The van der Waals surface area contributed by atoms with Gasteiger partial charge in [-0.2, -0.15) is 5.10 Å². The van der Waals surface area contributed by atoms with Crippen molar-refractivity contribution < 1.29 is 4.79 Å². The van der Waals surface area contributed by atoms with Crippen LogP contribution in [-0.4, -0.2) is 62.8 Å². The number of benzene rings is 1. The Balaban J connectivity index is 1.33. The van der Waals surface area contributed by atoms with Crippen LogP contribution in [-0.2, 0) is 19.5 Å². The molecule has 1 amide bonds. The number of carbonyl (C=O) groups is 1. The number of halogens is 1. The second-order valence-corrected chi connectivity index (χ2v) is 7.96. The zero-order valence-electron chi connectivity index (χ0n) is 16.0. The first-order valence-electron chi connectivity index (χ1n) is 10.1. The van der Waals surface area contributed by atoms with E-state index in [1.165, 1.54) is 0 Å². The van der Waals surface area contributed by atoms with Gasteiger partial charge in [-0.05, 0) is 50.1 Å². The molecule has 0 saturated carbocycles. The summed E-state index contributed by atoms with van der Waals surface area (Å²) in [5.41, 5.74) is 0.692. The van der Waals surface area contributed by atoms with Crippen molar-refractivity contribution in [2.24, 2.45) is 0 Å². The molecule has 0 bridgehead atoms. The summed E-state index contributed by atoms with van der Waals surface area (Å²) in [5.74, 6) is 0.975. The summed E-state index contributed by atoms with van der Waals surface area (Å²) in [4.78, 5) is 29.4. The maximum absolute atomic E-state index is 12.7. The zero-order valence-corrected chi connectivity index (χ0v) is 16.8. The van der Waals surface area contributed by atoms with Crippen LogP contribution in [0.4, 0.5) is 0 Å². The Kier molecular flexibility index (Phi) is 5.82. The van der Waals surface area contributed by atoms with Gasteiger partial charge in [-0.15, -0.1) is 0 Å². The molecule has 3 heterocycles. The second kappa shape index (κ2) is 8.49.